The normalized spacial score (nSPS) is 19.2. The number of amides is 2. The Labute approximate surface area is 186 Å². The van der Waals surface area contributed by atoms with Gasteiger partial charge in [-0.05, 0) is 44.0 Å². The van der Waals surface area contributed by atoms with Crippen molar-refractivity contribution in [2.75, 3.05) is 19.7 Å². The zero-order chi connectivity index (χ0) is 22.7. The molecule has 0 spiro atoms. The first kappa shape index (κ1) is 22.1. The second-order valence-electron chi connectivity index (χ2n) is 7.83. The molecule has 1 unspecified atom stereocenters. The van der Waals surface area contributed by atoms with E-state index in [1.165, 1.54) is 4.31 Å². The van der Waals surface area contributed by atoms with Crippen molar-refractivity contribution in [3.8, 4) is 11.5 Å². The van der Waals surface area contributed by atoms with E-state index < -0.39 is 28.0 Å². The molecule has 2 heterocycles. The Kier molecular flexibility index (Phi) is 6.33. The number of hydrazine groups is 1. The van der Waals surface area contributed by atoms with Crippen LogP contribution >= 0.6 is 0 Å². The van der Waals surface area contributed by atoms with Gasteiger partial charge in [0.05, 0.1) is 4.90 Å². The van der Waals surface area contributed by atoms with Crippen LogP contribution in [0.2, 0.25) is 0 Å². The monoisotopic (exact) mass is 459 g/mol. The predicted molar refractivity (Wildman–Crippen MR) is 115 cm³/mol. The number of sulfonamides is 1. The number of hydrogen-bond acceptors (Lipinski definition) is 6. The lowest BCUT2D eigenvalue weighted by atomic mass is 9.98. The molecule has 0 radical (unpaired) electrons. The Balaban J connectivity index is 1.26. The number of ether oxygens (including phenoxy) is 2. The zero-order valence-corrected chi connectivity index (χ0v) is 18.4. The standard InChI is InChI=1S/C22H25N3O6S/c1-15-6-8-17(9-7-15)32(28,29)25-12-10-16(11-13-25)21(26)23-24-22(27)20-14-30-18-4-2-3-5-19(18)31-20/h2-9,16,20H,10-14H2,1H3,(H,23,26)(H,24,27). The topological polar surface area (TPSA) is 114 Å². The van der Waals surface area contributed by atoms with Gasteiger partial charge < -0.3 is 9.47 Å². The van der Waals surface area contributed by atoms with Crippen molar-refractivity contribution in [2.45, 2.75) is 30.8 Å². The van der Waals surface area contributed by atoms with E-state index in [0.717, 1.165) is 5.56 Å². The number of nitrogens with one attached hydrogen (secondary N) is 2. The van der Waals surface area contributed by atoms with Gasteiger partial charge in [0.25, 0.3) is 5.91 Å². The molecule has 2 aliphatic heterocycles. The molecule has 1 fully saturated rings. The number of carbonyl (C=O) groups excluding carboxylic acids is 2. The quantitative estimate of drug-likeness (QED) is 0.668. The summed E-state index contributed by atoms with van der Waals surface area (Å²) in [5.74, 6) is -0.251. The molecule has 4 rings (SSSR count). The van der Waals surface area contributed by atoms with Gasteiger partial charge in [0, 0.05) is 19.0 Å². The van der Waals surface area contributed by atoms with Crippen LogP contribution in [0, 0.1) is 12.8 Å². The van der Waals surface area contributed by atoms with Gasteiger partial charge in [-0.15, -0.1) is 0 Å². The Morgan fingerprint density at radius 1 is 0.938 bits per heavy atom. The number of hydrogen-bond donors (Lipinski definition) is 2. The molecule has 1 saturated heterocycles. The molecule has 0 saturated carbocycles. The summed E-state index contributed by atoms with van der Waals surface area (Å²) in [6, 6.07) is 13.7. The van der Waals surface area contributed by atoms with E-state index >= 15 is 0 Å². The highest BCUT2D eigenvalue weighted by Crippen LogP contribution is 2.30. The van der Waals surface area contributed by atoms with E-state index in [1.54, 1.807) is 48.5 Å². The van der Waals surface area contributed by atoms with E-state index in [4.69, 9.17) is 9.47 Å². The first-order valence-electron chi connectivity index (χ1n) is 10.4. The second-order valence-corrected chi connectivity index (χ2v) is 9.77. The lowest BCUT2D eigenvalue weighted by Crippen LogP contribution is -2.53. The van der Waals surface area contributed by atoms with Crippen LogP contribution in [0.1, 0.15) is 18.4 Å². The molecule has 1 atom stereocenters. The minimum absolute atomic E-state index is 0.0357. The number of benzene rings is 2. The van der Waals surface area contributed by atoms with Crippen molar-refractivity contribution in [3.63, 3.8) is 0 Å². The van der Waals surface area contributed by atoms with Crippen LogP contribution in [0.15, 0.2) is 53.4 Å². The summed E-state index contributed by atoms with van der Waals surface area (Å²) in [4.78, 5) is 25.1. The highest BCUT2D eigenvalue weighted by Gasteiger charge is 2.33. The highest BCUT2D eigenvalue weighted by molar-refractivity contribution is 7.89. The van der Waals surface area contributed by atoms with E-state index in [2.05, 4.69) is 10.9 Å². The molecule has 0 aliphatic carbocycles. The smallest absolute Gasteiger partial charge is 0.283 e. The van der Waals surface area contributed by atoms with Gasteiger partial charge in [-0.2, -0.15) is 4.31 Å². The molecule has 2 aromatic rings. The zero-order valence-electron chi connectivity index (χ0n) is 17.6. The molecule has 2 aliphatic rings. The first-order valence-corrected chi connectivity index (χ1v) is 11.8. The molecule has 0 bridgehead atoms. The number of rotatable bonds is 4. The predicted octanol–water partition coefficient (Wildman–Crippen LogP) is 1.38. The maximum absolute atomic E-state index is 12.8. The summed E-state index contributed by atoms with van der Waals surface area (Å²) in [5.41, 5.74) is 5.78. The Hall–Kier alpha value is -3.11. The van der Waals surface area contributed by atoms with Crippen molar-refractivity contribution >= 4 is 21.8 Å². The Bertz CT molecular complexity index is 1090. The molecular weight excluding hydrogens is 434 g/mol. The molecule has 170 valence electrons. The minimum atomic E-state index is -3.59. The van der Waals surface area contributed by atoms with Crippen molar-refractivity contribution in [1.29, 1.82) is 0 Å². The number of aryl methyl sites for hydroxylation is 1. The summed E-state index contributed by atoms with van der Waals surface area (Å²) in [5, 5.41) is 0. The van der Waals surface area contributed by atoms with Crippen LogP contribution in [0.3, 0.4) is 0 Å². The van der Waals surface area contributed by atoms with Crippen molar-refractivity contribution in [2.24, 2.45) is 5.92 Å². The fraction of sp³-hybridized carbons (Fsp3) is 0.364. The summed E-state index contributed by atoms with van der Waals surface area (Å²) in [6.07, 6.45) is -0.154. The van der Waals surface area contributed by atoms with E-state index in [0.29, 0.717) is 24.3 Å². The van der Waals surface area contributed by atoms with Gasteiger partial charge in [-0.1, -0.05) is 29.8 Å². The van der Waals surface area contributed by atoms with Crippen LogP contribution in [0.25, 0.3) is 0 Å². The SMILES string of the molecule is Cc1ccc(S(=O)(=O)N2CCC(C(=O)NNC(=O)C3COc4ccccc4O3)CC2)cc1. The van der Waals surface area contributed by atoms with Crippen LogP contribution in [0.4, 0.5) is 0 Å². The fourth-order valence-electron chi connectivity index (χ4n) is 3.67. The van der Waals surface area contributed by atoms with E-state index in [1.807, 2.05) is 6.92 Å². The van der Waals surface area contributed by atoms with Crippen LogP contribution < -0.4 is 20.3 Å². The van der Waals surface area contributed by atoms with Gasteiger partial charge in [0.1, 0.15) is 6.61 Å². The second kappa shape index (κ2) is 9.17. The van der Waals surface area contributed by atoms with Gasteiger partial charge in [-0.25, -0.2) is 8.42 Å². The van der Waals surface area contributed by atoms with Gasteiger partial charge in [0.15, 0.2) is 11.5 Å². The maximum atomic E-state index is 12.8. The molecule has 2 amide bonds. The summed E-state index contributed by atoms with van der Waals surface area (Å²) in [7, 11) is -3.59. The van der Waals surface area contributed by atoms with E-state index in [-0.39, 0.29) is 30.5 Å². The summed E-state index contributed by atoms with van der Waals surface area (Å²) in [6.45, 7) is 2.40. The lowest BCUT2D eigenvalue weighted by Gasteiger charge is -2.31. The first-order chi connectivity index (χ1) is 15.3. The molecule has 9 nitrogen and oxygen atoms in total. The average Bonchev–Trinajstić information content (AvgIpc) is 2.82. The summed E-state index contributed by atoms with van der Waals surface area (Å²) < 4.78 is 38.1. The van der Waals surface area contributed by atoms with Gasteiger partial charge in [-0.3, -0.25) is 20.4 Å². The van der Waals surface area contributed by atoms with Crippen molar-refractivity contribution < 1.29 is 27.5 Å². The van der Waals surface area contributed by atoms with Crippen molar-refractivity contribution in [1.82, 2.24) is 15.2 Å². The summed E-state index contributed by atoms with van der Waals surface area (Å²) >= 11 is 0. The number of carbonyl (C=O) groups is 2. The van der Waals surface area contributed by atoms with Gasteiger partial charge in [0.2, 0.25) is 22.0 Å². The highest BCUT2D eigenvalue weighted by atomic mass is 32.2. The molecule has 2 N–H and O–H groups in total. The van der Waals surface area contributed by atoms with Crippen LogP contribution in [0.5, 0.6) is 11.5 Å². The Morgan fingerprint density at radius 2 is 1.56 bits per heavy atom. The van der Waals surface area contributed by atoms with Crippen LogP contribution in [-0.2, 0) is 19.6 Å². The molecule has 0 aromatic heterocycles. The fourth-order valence-corrected chi connectivity index (χ4v) is 5.14. The van der Waals surface area contributed by atoms with E-state index in [9.17, 15) is 18.0 Å². The third kappa shape index (κ3) is 4.71. The molecule has 32 heavy (non-hydrogen) atoms. The van der Waals surface area contributed by atoms with Crippen molar-refractivity contribution in [3.05, 3.63) is 54.1 Å². The van der Waals surface area contributed by atoms with Gasteiger partial charge >= 0.3 is 0 Å². The third-order valence-corrected chi connectivity index (χ3v) is 7.51. The third-order valence-electron chi connectivity index (χ3n) is 5.59. The average molecular weight is 460 g/mol. The number of piperidine rings is 1. The maximum Gasteiger partial charge on any atom is 0.283 e. The number of nitrogens with zero attached hydrogens (tertiary/aromatic N) is 1. The number of fused-ring (bicyclic) bond motifs is 1. The minimum Gasteiger partial charge on any atom is -0.485 e. The molecular formula is C22H25N3O6S. The number of para-hydroxylation sites is 2. The Morgan fingerprint density at radius 3 is 2.25 bits per heavy atom. The molecule has 2 aromatic carbocycles. The molecule has 10 heteroatoms. The lowest BCUT2D eigenvalue weighted by molar-refractivity contribution is -0.136. The van der Waals surface area contributed by atoms with Crippen LogP contribution in [-0.4, -0.2) is 50.3 Å². The largest absolute Gasteiger partial charge is 0.485 e.